The number of hydrogen-bond acceptors (Lipinski definition) is 3. The van der Waals surface area contributed by atoms with E-state index in [0.717, 1.165) is 0 Å². The van der Waals surface area contributed by atoms with Gasteiger partial charge < -0.3 is 15.4 Å². The SMILES string of the molecule is COCC(=O)N(CCN)CC(F)(F)F. The van der Waals surface area contributed by atoms with E-state index in [9.17, 15) is 18.0 Å². The van der Waals surface area contributed by atoms with Crippen molar-refractivity contribution in [3.63, 3.8) is 0 Å². The molecule has 0 saturated carbocycles. The summed E-state index contributed by atoms with van der Waals surface area (Å²) in [6.07, 6.45) is -4.40. The third kappa shape index (κ3) is 5.76. The summed E-state index contributed by atoms with van der Waals surface area (Å²) in [6, 6.07) is 0. The Balaban J connectivity index is 4.21. The van der Waals surface area contributed by atoms with Gasteiger partial charge in [-0.25, -0.2) is 0 Å². The van der Waals surface area contributed by atoms with Gasteiger partial charge in [-0.05, 0) is 0 Å². The van der Waals surface area contributed by atoms with Gasteiger partial charge in [0, 0.05) is 20.2 Å². The van der Waals surface area contributed by atoms with Gasteiger partial charge in [-0.1, -0.05) is 0 Å². The number of nitrogens with two attached hydrogens (primary N) is 1. The molecular formula is C7H13F3N2O2. The van der Waals surface area contributed by atoms with E-state index in [0.29, 0.717) is 4.90 Å². The molecule has 14 heavy (non-hydrogen) atoms. The molecule has 0 unspecified atom stereocenters. The van der Waals surface area contributed by atoms with Crippen LogP contribution in [0.5, 0.6) is 0 Å². The lowest BCUT2D eigenvalue weighted by atomic mass is 10.4. The van der Waals surface area contributed by atoms with Gasteiger partial charge in [0.05, 0.1) is 0 Å². The zero-order chi connectivity index (χ0) is 11.2. The summed E-state index contributed by atoms with van der Waals surface area (Å²) >= 11 is 0. The lowest BCUT2D eigenvalue weighted by molar-refractivity contribution is -0.163. The molecule has 0 heterocycles. The van der Waals surface area contributed by atoms with E-state index in [1.807, 2.05) is 0 Å². The highest BCUT2D eigenvalue weighted by Crippen LogP contribution is 2.16. The molecule has 0 aromatic heterocycles. The number of carbonyl (C=O) groups excluding carboxylic acids is 1. The van der Waals surface area contributed by atoms with Crippen LogP contribution in [0.3, 0.4) is 0 Å². The van der Waals surface area contributed by atoms with Crippen molar-refractivity contribution >= 4 is 5.91 Å². The second kappa shape index (κ2) is 5.82. The van der Waals surface area contributed by atoms with E-state index in [2.05, 4.69) is 4.74 Å². The van der Waals surface area contributed by atoms with Gasteiger partial charge in [-0.2, -0.15) is 13.2 Å². The number of ether oxygens (including phenoxy) is 1. The predicted octanol–water partition coefficient (Wildman–Crippen LogP) is -0.0176. The highest BCUT2D eigenvalue weighted by atomic mass is 19.4. The van der Waals surface area contributed by atoms with E-state index < -0.39 is 18.6 Å². The molecule has 4 nitrogen and oxygen atoms in total. The normalized spacial score (nSPS) is 11.5. The van der Waals surface area contributed by atoms with Crippen LogP contribution in [0.15, 0.2) is 0 Å². The minimum absolute atomic E-state index is 0.00840. The average Bonchev–Trinajstić information content (AvgIpc) is 2.01. The Morgan fingerprint density at radius 1 is 1.50 bits per heavy atom. The van der Waals surface area contributed by atoms with E-state index in [-0.39, 0.29) is 19.7 Å². The predicted molar refractivity (Wildman–Crippen MR) is 43.6 cm³/mol. The van der Waals surface area contributed by atoms with Crippen LogP contribution >= 0.6 is 0 Å². The number of hydrogen-bond donors (Lipinski definition) is 1. The molecule has 0 spiro atoms. The number of amides is 1. The van der Waals surface area contributed by atoms with Crippen molar-refractivity contribution in [1.82, 2.24) is 4.90 Å². The number of halogens is 3. The summed E-state index contributed by atoms with van der Waals surface area (Å²) in [4.78, 5) is 11.7. The second-order valence-corrected chi connectivity index (χ2v) is 2.65. The standard InChI is InChI=1S/C7H13F3N2O2/c1-14-4-6(13)12(3-2-11)5-7(8,9)10/h2-5,11H2,1H3. The Morgan fingerprint density at radius 3 is 2.43 bits per heavy atom. The van der Waals surface area contributed by atoms with Crippen molar-refractivity contribution < 1.29 is 22.7 Å². The molecule has 0 aliphatic carbocycles. The van der Waals surface area contributed by atoms with Gasteiger partial charge in [-0.15, -0.1) is 0 Å². The first-order valence-corrected chi connectivity index (χ1v) is 3.94. The zero-order valence-corrected chi connectivity index (χ0v) is 7.80. The van der Waals surface area contributed by atoms with Crippen molar-refractivity contribution in [1.29, 1.82) is 0 Å². The molecule has 84 valence electrons. The second-order valence-electron chi connectivity index (χ2n) is 2.65. The van der Waals surface area contributed by atoms with Gasteiger partial charge in [0.15, 0.2) is 0 Å². The maximum Gasteiger partial charge on any atom is 0.406 e. The molecule has 1 amide bonds. The molecule has 0 aromatic carbocycles. The quantitative estimate of drug-likeness (QED) is 0.699. The molecule has 0 rings (SSSR count). The van der Waals surface area contributed by atoms with Crippen LogP contribution in [0.4, 0.5) is 13.2 Å². The summed E-state index contributed by atoms with van der Waals surface area (Å²) in [5.74, 6) is -0.713. The van der Waals surface area contributed by atoms with E-state index in [4.69, 9.17) is 5.73 Å². The maximum atomic E-state index is 12.0. The molecule has 0 atom stereocenters. The molecule has 0 aliphatic rings. The fourth-order valence-corrected chi connectivity index (χ4v) is 0.879. The summed E-state index contributed by atoms with van der Waals surface area (Å²) in [6.45, 7) is -1.78. The molecular weight excluding hydrogens is 201 g/mol. The molecule has 7 heteroatoms. The first-order valence-electron chi connectivity index (χ1n) is 3.94. The zero-order valence-electron chi connectivity index (χ0n) is 7.80. The Bertz CT molecular complexity index is 184. The summed E-state index contributed by atoms with van der Waals surface area (Å²) in [5, 5.41) is 0. The molecule has 0 aromatic rings. The van der Waals surface area contributed by atoms with Gasteiger partial charge in [-0.3, -0.25) is 4.79 Å². The Hall–Kier alpha value is -0.820. The third-order valence-corrected chi connectivity index (χ3v) is 1.39. The number of nitrogens with zero attached hydrogens (tertiary/aromatic N) is 1. The lowest BCUT2D eigenvalue weighted by Crippen LogP contribution is -2.43. The molecule has 0 bridgehead atoms. The number of alkyl halides is 3. The van der Waals surface area contributed by atoms with E-state index >= 15 is 0 Å². The molecule has 0 radical (unpaired) electrons. The van der Waals surface area contributed by atoms with Crippen molar-refractivity contribution in [2.24, 2.45) is 5.73 Å². The van der Waals surface area contributed by atoms with Crippen molar-refractivity contribution in [2.45, 2.75) is 6.18 Å². The van der Waals surface area contributed by atoms with Gasteiger partial charge in [0.2, 0.25) is 5.91 Å². The Kier molecular flexibility index (Phi) is 5.47. The highest BCUT2D eigenvalue weighted by molar-refractivity contribution is 5.77. The molecule has 0 aliphatic heterocycles. The van der Waals surface area contributed by atoms with E-state index in [1.54, 1.807) is 0 Å². The lowest BCUT2D eigenvalue weighted by Gasteiger charge is -2.22. The van der Waals surface area contributed by atoms with Gasteiger partial charge in [0.25, 0.3) is 0 Å². The van der Waals surface area contributed by atoms with Crippen LogP contribution in [-0.2, 0) is 9.53 Å². The Labute approximate surface area is 79.8 Å². The smallest absolute Gasteiger partial charge is 0.375 e. The van der Waals surface area contributed by atoms with Crippen molar-refractivity contribution in [3.05, 3.63) is 0 Å². The summed E-state index contributed by atoms with van der Waals surface area (Å²) in [5.41, 5.74) is 5.08. The minimum atomic E-state index is -4.40. The van der Waals surface area contributed by atoms with Gasteiger partial charge in [0.1, 0.15) is 13.2 Å². The number of methoxy groups -OCH3 is 1. The van der Waals surface area contributed by atoms with Crippen LogP contribution in [0.2, 0.25) is 0 Å². The largest absolute Gasteiger partial charge is 0.406 e. The summed E-state index contributed by atoms with van der Waals surface area (Å²) < 4.78 is 40.3. The number of rotatable bonds is 5. The van der Waals surface area contributed by atoms with E-state index in [1.165, 1.54) is 7.11 Å². The fourth-order valence-electron chi connectivity index (χ4n) is 0.879. The van der Waals surface area contributed by atoms with Gasteiger partial charge >= 0.3 is 6.18 Å². The molecule has 0 fully saturated rings. The minimum Gasteiger partial charge on any atom is -0.375 e. The fraction of sp³-hybridized carbons (Fsp3) is 0.857. The first kappa shape index (κ1) is 13.2. The van der Waals surface area contributed by atoms with Crippen LogP contribution < -0.4 is 5.73 Å². The van der Waals surface area contributed by atoms with Crippen LogP contribution in [-0.4, -0.2) is 50.3 Å². The van der Waals surface area contributed by atoms with Crippen molar-refractivity contribution in [2.75, 3.05) is 33.4 Å². The van der Waals surface area contributed by atoms with Crippen LogP contribution in [0.25, 0.3) is 0 Å². The summed E-state index contributed by atoms with van der Waals surface area (Å²) in [7, 11) is 1.24. The molecule has 0 saturated heterocycles. The maximum absolute atomic E-state index is 12.0. The monoisotopic (exact) mass is 214 g/mol. The highest BCUT2D eigenvalue weighted by Gasteiger charge is 2.32. The van der Waals surface area contributed by atoms with Crippen LogP contribution in [0, 0.1) is 0 Å². The average molecular weight is 214 g/mol. The topological polar surface area (TPSA) is 55.6 Å². The Morgan fingerprint density at radius 2 is 2.07 bits per heavy atom. The first-order chi connectivity index (χ1) is 6.40. The van der Waals surface area contributed by atoms with Crippen LogP contribution in [0.1, 0.15) is 0 Å². The molecule has 2 N–H and O–H groups in total. The van der Waals surface area contributed by atoms with Crippen molar-refractivity contribution in [3.8, 4) is 0 Å². The number of carbonyl (C=O) groups is 1. The third-order valence-electron chi connectivity index (χ3n) is 1.39.